The molecule has 0 saturated heterocycles. The van der Waals surface area contributed by atoms with Gasteiger partial charge in [0.25, 0.3) is 0 Å². The van der Waals surface area contributed by atoms with Crippen LogP contribution < -0.4 is 4.57 Å². The molecular formula is C8H8F3NS+. The molecule has 71 valence electrons. The van der Waals surface area contributed by atoms with E-state index in [0.29, 0.717) is 5.03 Å². The molecule has 13 heavy (non-hydrogen) atoms. The maximum atomic E-state index is 12.0. The number of pyridine rings is 1. The predicted molar refractivity (Wildman–Crippen MR) is 43.9 cm³/mol. The second kappa shape index (κ2) is 4.00. The molecule has 5 heteroatoms. The van der Waals surface area contributed by atoms with Crippen LogP contribution in [0, 0.1) is 6.26 Å². The van der Waals surface area contributed by atoms with Gasteiger partial charge in [-0.15, -0.1) is 0 Å². The fourth-order valence-electron chi connectivity index (χ4n) is 0.915. The van der Waals surface area contributed by atoms with Gasteiger partial charge in [0.1, 0.15) is 0 Å². The molecule has 0 atom stereocenters. The first kappa shape index (κ1) is 10.4. The van der Waals surface area contributed by atoms with Gasteiger partial charge in [0.15, 0.2) is 6.20 Å². The highest BCUT2D eigenvalue weighted by Gasteiger charge is 2.34. The van der Waals surface area contributed by atoms with Gasteiger partial charge in [0.05, 0.1) is 0 Å². The van der Waals surface area contributed by atoms with Crippen LogP contribution in [0.15, 0.2) is 29.4 Å². The molecule has 0 N–H and O–H groups in total. The summed E-state index contributed by atoms with van der Waals surface area (Å²) >= 11 is 1.05. The summed E-state index contributed by atoms with van der Waals surface area (Å²) in [5.41, 5.74) is 0. The van der Waals surface area contributed by atoms with Crippen molar-refractivity contribution in [3.8, 4) is 0 Å². The number of nitrogens with zero attached hydrogens (tertiary/aromatic N) is 1. The predicted octanol–water partition coefficient (Wildman–Crippen LogP) is 2.42. The summed E-state index contributed by atoms with van der Waals surface area (Å²) in [6.07, 6.45) is 0.681. The normalized spacial score (nSPS) is 11.7. The summed E-state index contributed by atoms with van der Waals surface area (Å²) in [5.74, 6) is 0. The number of hydrogen-bond donors (Lipinski definition) is 0. The van der Waals surface area contributed by atoms with Crippen LogP contribution in [-0.2, 0) is 6.54 Å². The minimum Gasteiger partial charge on any atom is -0.184 e. The molecular weight excluding hydrogens is 199 g/mol. The number of alkyl halides is 3. The zero-order valence-corrected chi connectivity index (χ0v) is 7.53. The van der Waals surface area contributed by atoms with Gasteiger partial charge in [0.2, 0.25) is 11.6 Å². The highest BCUT2D eigenvalue weighted by Crippen LogP contribution is 2.17. The van der Waals surface area contributed by atoms with E-state index in [9.17, 15) is 13.2 Å². The maximum absolute atomic E-state index is 12.0. The Morgan fingerprint density at radius 3 is 2.62 bits per heavy atom. The van der Waals surface area contributed by atoms with Gasteiger partial charge >= 0.3 is 6.18 Å². The summed E-state index contributed by atoms with van der Waals surface area (Å²) < 4.78 is 37.1. The van der Waals surface area contributed by atoms with Crippen molar-refractivity contribution < 1.29 is 17.7 Å². The highest BCUT2D eigenvalue weighted by molar-refractivity contribution is 8.00. The molecule has 0 spiro atoms. The number of halogens is 3. The molecule has 1 radical (unpaired) electrons. The van der Waals surface area contributed by atoms with Crippen molar-refractivity contribution >= 4 is 11.8 Å². The average molecular weight is 207 g/mol. The minimum absolute atomic E-state index is 0.500. The van der Waals surface area contributed by atoms with E-state index in [4.69, 9.17) is 0 Å². The molecule has 0 aliphatic rings. The van der Waals surface area contributed by atoms with Gasteiger partial charge in [0, 0.05) is 18.4 Å². The van der Waals surface area contributed by atoms with E-state index in [2.05, 4.69) is 6.26 Å². The van der Waals surface area contributed by atoms with Crippen molar-refractivity contribution in [1.29, 1.82) is 0 Å². The first-order valence-corrected chi connectivity index (χ1v) is 4.49. The Kier molecular flexibility index (Phi) is 3.19. The average Bonchev–Trinajstić information content (AvgIpc) is 2.02. The van der Waals surface area contributed by atoms with Crippen LogP contribution in [0.1, 0.15) is 0 Å². The largest absolute Gasteiger partial charge is 0.448 e. The topological polar surface area (TPSA) is 3.88 Å². The summed E-state index contributed by atoms with van der Waals surface area (Å²) in [6, 6.07) is 4.84. The van der Waals surface area contributed by atoms with Gasteiger partial charge in [-0.2, -0.15) is 17.7 Å². The zero-order chi connectivity index (χ0) is 9.90. The lowest BCUT2D eigenvalue weighted by atomic mass is 10.4. The highest BCUT2D eigenvalue weighted by atomic mass is 32.2. The second-order valence-electron chi connectivity index (χ2n) is 2.43. The summed E-state index contributed by atoms with van der Waals surface area (Å²) in [6.45, 7) is -0.967. The molecule has 1 nitrogen and oxygen atoms in total. The molecule has 1 aromatic rings. The molecule has 0 bridgehead atoms. The number of rotatable bonds is 2. The Hall–Kier alpha value is -0.710. The third-order valence-electron chi connectivity index (χ3n) is 1.40. The first-order chi connectivity index (χ1) is 6.03. The Morgan fingerprint density at radius 2 is 2.08 bits per heavy atom. The molecule has 0 unspecified atom stereocenters. The van der Waals surface area contributed by atoms with Gasteiger partial charge in [-0.05, 0) is 6.07 Å². The lowest BCUT2D eigenvalue weighted by molar-refractivity contribution is -0.752. The quantitative estimate of drug-likeness (QED) is 0.532. The SMILES string of the molecule is [CH2]Sc1cccc[n+]1CC(F)(F)F. The lowest BCUT2D eigenvalue weighted by Gasteiger charge is -2.03. The van der Waals surface area contributed by atoms with E-state index < -0.39 is 12.7 Å². The molecule has 0 saturated carbocycles. The van der Waals surface area contributed by atoms with Crippen molar-refractivity contribution in [1.82, 2.24) is 0 Å². The van der Waals surface area contributed by atoms with E-state index in [1.54, 1.807) is 18.2 Å². The van der Waals surface area contributed by atoms with E-state index in [-0.39, 0.29) is 0 Å². The molecule has 0 fully saturated rings. The molecule has 0 aliphatic heterocycles. The third-order valence-corrected chi connectivity index (χ3v) is 2.06. The molecule has 0 aromatic carbocycles. The Balaban J connectivity index is 2.87. The van der Waals surface area contributed by atoms with Crippen LogP contribution in [-0.4, -0.2) is 6.18 Å². The molecule has 1 rings (SSSR count). The summed E-state index contributed by atoms with van der Waals surface area (Å²) in [5, 5.41) is 0.500. The monoisotopic (exact) mass is 207 g/mol. The van der Waals surface area contributed by atoms with Crippen LogP contribution in [0.3, 0.4) is 0 Å². The van der Waals surface area contributed by atoms with Crippen molar-refractivity contribution in [2.24, 2.45) is 0 Å². The van der Waals surface area contributed by atoms with Gasteiger partial charge in [-0.25, -0.2) is 0 Å². The second-order valence-corrected chi connectivity index (χ2v) is 3.13. The number of hydrogen-bond acceptors (Lipinski definition) is 1. The summed E-state index contributed by atoms with van der Waals surface area (Å²) in [7, 11) is 0. The Bertz CT molecular complexity index is 285. The first-order valence-electron chi connectivity index (χ1n) is 3.50. The smallest absolute Gasteiger partial charge is 0.184 e. The Labute approximate surface area is 78.6 Å². The molecule has 0 amide bonds. The molecule has 1 heterocycles. The maximum Gasteiger partial charge on any atom is 0.448 e. The van der Waals surface area contributed by atoms with Gasteiger partial charge in [-0.1, -0.05) is 11.8 Å². The summed E-state index contributed by atoms with van der Waals surface area (Å²) in [4.78, 5) is 0. The van der Waals surface area contributed by atoms with E-state index in [1.165, 1.54) is 6.20 Å². The minimum atomic E-state index is -4.18. The van der Waals surface area contributed by atoms with Crippen LogP contribution in [0.25, 0.3) is 0 Å². The Morgan fingerprint density at radius 1 is 1.38 bits per heavy atom. The van der Waals surface area contributed by atoms with Gasteiger partial charge in [-0.3, -0.25) is 0 Å². The third kappa shape index (κ3) is 3.26. The van der Waals surface area contributed by atoms with Crippen LogP contribution in [0.5, 0.6) is 0 Å². The van der Waals surface area contributed by atoms with E-state index >= 15 is 0 Å². The fourth-order valence-corrected chi connectivity index (χ4v) is 1.38. The van der Waals surface area contributed by atoms with E-state index in [0.717, 1.165) is 16.3 Å². The van der Waals surface area contributed by atoms with E-state index in [1.807, 2.05) is 0 Å². The van der Waals surface area contributed by atoms with Crippen molar-refractivity contribution in [2.75, 3.05) is 0 Å². The van der Waals surface area contributed by atoms with Crippen molar-refractivity contribution in [2.45, 2.75) is 17.7 Å². The van der Waals surface area contributed by atoms with Crippen LogP contribution >= 0.6 is 11.8 Å². The number of aromatic nitrogens is 1. The molecule has 0 aliphatic carbocycles. The van der Waals surface area contributed by atoms with Crippen LogP contribution in [0.4, 0.5) is 13.2 Å². The fraction of sp³-hybridized carbons (Fsp3) is 0.250. The standard InChI is InChI=1S/C8H8F3NS/c1-13-7-4-2-3-5-12(7)6-8(9,10)11/h2-5H,1,6H2/q+1. The van der Waals surface area contributed by atoms with Crippen LogP contribution in [0.2, 0.25) is 0 Å². The molecule has 1 aromatic heterocycles. The zero-order valence-electron chi connectivity index (χ0n) is 6.71. The lowest BCUT2D eigenvalue weighted by Crippen LogP contribution is -2.42. The number of thioether (sulfide) groups is 1. The van der Waals surface area contributed by atoms with Crippen molar-refractivity contribution in [3.05, 3.63) is 30.7 Å². The van der Waals surface area contributed by atoms with Gasteiger partial charge < -0.3 is 0 Å². The van der Waals surface area contributed by atoms with Crippen molar-refractivity contribution in [3.63, 3.8) is 0 Å².